The SMILES string of the molecule is COc1ccc2c(c1)C=C(CN[C@@H]1CCC(=O)N[C@H]1c1cccc(F)c1)CO2. The maximum Gasteiger partial charge on any atom is 0.220 e. The van der Waals surface area contributed by atoms with Crippen LogP contribution in [0.5, 0.6) is 11.5 Å². The summed E-state index contributed by atoms with van der Waals surface area (Å²) in [6, 6.07) is 11.9. The minimum Gasteiger partial charge on any atom is -0.497 e. The summed E-state index contributed by atoms with van der Waals surface area (Å²) in [5.41, 5.74) is 2.87. The Bertz CT molecular complexity index is 912. The molecule has 0 radical (unpaired) electrons. The Morgan fingerprint density at radius 3 is 3.00 bits per heavy atom. The summed E-state index contributed by atoms with van der Waals surface area (Å²) in [6.07, 6.45) is 3.26. The number of fused-ring (bicyclic) bond motifs is 1. The summed E-state index contributed by atoms with van der Waals surface area (Å²) >= 11 is 0. The van der Waals surface area contributed by atoms with Crippen LogP contribution >= 0.6 is 0 Å². The van der Waals surface area contributed by atoms with E-state index in [9.17, 15) is 9.18 Å². The lowest BCUT2D eigenvalue weighted by atomic mass is 9.91. The largest absolute Gasteiger partial charge is 0.497 e. The van der Waals surface area contributed by atoms with Crippen LogP contribution in [0.15, 0.2) is 48.0 Å². The first-order valence-corrected chi connectivity index (χ1v) is 9.41. The van der Waals surface area contributed by atoms with Crippen LogP contribution in [0.2, 0.25) is 0 Å². The van der Waals surface area contributed by atoms with Crippen LogP contribution in [0.3, 0.4) is 0 Å². The number of halogens is 1. The van der Waals surface area contributed by atoms with Crippen LogP contribution in [0, 0.1) is 5.82 Å². The molecule has 2 aromatic carbocycles. The van der Waals surface area contributed by atoms with Gasteiger partial charge < -0.3 is 20.1 Å². The Morgan fingerprint density at radius 1 is 1.29 bits per heavy atom. The third kappa shape index (κ3) is 4.02. The molecule has 0 spiro atoms. The monoisotopic (exact) mass is 382 g/mol. The molecular weight excluding hydrogens is 359 g/mol. The lowest BCUT2D eigenvalue weighted by Crippen LogP contribution is -2.49. The Labute approximate surface area is 163 Å². The maximum atomic E-state index is 13.7. The van der Waals surface area contributed by atoms with Gasteiger partial charge in [-0.05, 0) is 54.0 Å². The highest BCUT2D eigenvalue weighted by molar-refractivity contribution is 5.77. The van der Waals surface area contributed by atoms with Crippen LogP contribution in [0.25, 0.3) is 6.08 Å². The molecule has 28 heavy (non-hydrogen) atoms. The summed E-state index contributed by atoms with van der Waals surface area (Å²) in [4.78, 5) is 11.9. The summed E-state index contributed by atoms with van der Waals surface area (Å²) in [5, 5.41) is 6.52. The molecule has 0 bridgehead atoms. The smallest absolute Gasteiger partial charge is 0.220 e. The fraction of sp³-hybridized carbons (Fsp3) is 0.318. The van der Waals surface area contributed by atoms with Gasteiger partial charge in [-0.3, -0.25) is 4.79 Å². The van der Waals surface area contributed by atoms with E-state index in [0.29, 0.717) is 26.0 Å². The van der Waals surface area contributed by atoms with Crippen molar-refractivity contribution in [3.63, 3.8) is 0 Å². The van der Waals surface area contributed by atoms with Crippen LogP contribution in [-0.2, 0) is 4.79 Å². The topological polar surface area (TPSA) is 59.6 Å². The molecular formula is C22H23FN2O3. The molecule has 2 aromatic rings. The van der Waals surface area contributed by atoms with E-state index in [-0.39, 0.29) is 23.8 Å². The minimum atomic E-state index is -0.301. The van der Waals surface area contributed by atoms with Crippen molar-refractivity contribution in [1.82, 2.24) is 10.6 Å². The second-order valence-corrected chi connectivity index (χ2v) is 7.12. The molecule has 6 heteroatoms. The first kappa shape index (κ1) is 18.5. The van der Waals surface area contributed by atoms with E-state index >= 15 is 0 Å². The molecule has 4 rings (SSSR count). The summed E-state index contributed by atoms with van der Waals surface area (Å²) in [6.45, 7) is 1.14. The van der Waals surface area contributed by atoms with E-state index in [1.807, 2.05) is 24.3 Å². The Kier molecular flexibility index (Phi) is 5.30. The van der Waals surface area contributed by atoms with Crippen LogP contribution in [0.4, 0.5) is 4.39 Å². The molecule has 146 valence electrons. The van der Waals surface area contributed by atoms with Crippen molar-refractivity contribution in [2.75, 3.05) is 20.3 Å². The van der Waals surface area contributed by atoms with Crippen LogP contribution in [0.1, 0.15) is 30.0 Å². The second kappa shape index (κ2) is 8.02. The third-order valence-corrected chi connectivity index (χ3v) is 5.19. The molecule has 2 aliphatic heterocycles. The average Bonchev–Trinajstić information content (AvgIpc) is 2.72. The van der Waals surface area contributed by atoms with E-state index < -0.39 is 0 Å². The van der Waals surface area contributed by atoms with Crippen LogP contribution < -0.4 is 20.1 Å². The van der Waals surface area contributed by atoms with Gasteiger partial charge in [0, 0.05) is 24.6 Å². The predicted molar refractivity (Wildman–Crippen MR) is 105 cm³/mol. The molecule has 1 saturated heterocycles. The van der Waals surface area contributed by atoms with E-state index in [4.69, 9.17) is 9.47 Å². The number of carbonyl (C=O) groups is 1. The van der Waals surface area contributed by atoms with Crippen molar-refractivity contribution in [3.8, 4) is 11.5 Å². The lowest BCUT2D eigenvalue weighted by Gasteiger charge is -2.34. The highest BCUT2D eigenvalue weighted by atomic mass is 19.1. The number of benzene rings is 2. The number of hydrogen-bond acceptors (Lipinski definition) is 4. The summed E-state index contributed by atoms with van der Waals surface area (Å²) < 4.78 is 24.8. The Morgan fingerprint density at radius 2 is 2.18 bits per heavy atom. The van der Waals surface area contributed by atoms with Crippen LogP contribution in [-0.4, -0.2) is 32.2 Å². The quantitative estimate of drug-likeness (QED) is 0.834. The lowest BCUT2D eigenvalue weighted by molar-refractivity contribution is -0.123. The first-order valence-electron chi connectivity index (χ1n) is 9.41. The van der Waals surface area contributed by atoms with E-state index in [1.54, 1.807) is 13.2 Å². The van der Waals surface area contributed by atoms with Gasteiger partial charge in [0.1, 0.15) is 23.9 Å². The molecule has 1 amide bonds. The summed E-state index contributed by atoms with van der Waals surface area (Å²) in [5.74, 6) is 1.32. The minimum absolute atomic E-state index is 0.00597. The number of methoxy groups -OCH3 is 1. The van der Waals surface area contributed by atoms with Gasteiger partial charge in [0.05, 0.1) is 13.2 Å². The number of hydrogen-bond donors (Lipinski definition) is 2. The molecule has 1 fully saturated rings. The molecule has 2 atom stereocenters. The van der Waals surface area contributed by atoms with Gasteiger partial charge in [-0.2, -0.15) is 0 Å². The second-order valence-electron chi connectivity index (χ2n) is 7.12. The van der Waals surface area contributed by atoms with E-state index in [1.165, 1.54) is 12.1 Å². The highest BCUT2D eigenvalue weighted by Crippen LogP contribution is 2.30. The molecule has 0 aliphatic carbocycles. The maximum absolute atomic E-state index is 13.7. The Balaban J connectivity index is 1.48. The zero-order valence-electron chi connectivity index (χ0n) is 15.7. The van der Waals surface area contributed by atoms with E-state index in [2.05, 4.69) is 16.7 Å². The first-order chi connectivity index (χ1) is 13.6. The molecule has 0 unspecified atom stereocenters. The fourth-order valence-electron chi connectivity index (χ4n) is 3.73. The zero-order valence-corrected chi connectivity index (χ0v) is 15.7. The average molecular weight is 382 g/mol. The van der Waals surface area contributed by atoms with Gasteiger partial charge >= 0.3 is 0 Å². The normalized spacial score (nSPS) is 21.2. The molecule has 0 aromatic heterocycles. The van der Waals surface area contributed by atoms with Gasteiger partial charge in [0.2, 0.25) is 5.91 Å². The van der Waals surface area contributed by atoms with Crippen molar-refractivity contribution >= 4 is 12.0 Å². The van der Waals surface area contributed by atoms with Crippen molar-refractivity contribution in [2.45, 2.75) is 24.9 Å². The van der Waals surface area contributed by atoms with Gasteiger partial charge in [-0.15, -0.1) is 0 Å². The summed E-state index contributed by atoms with van der Waals surface area (Å²) in [7, 11) is 1.64. The standard InChI is InChI=1S/C22H23FN2O3/c1-27-18-5-7-20-16(11-18)9-14(13-28-20)12-24-19-6-8-21(26)25-22(19)15-3-2-4-17(23)10-15/h2-5,7,9-11,19,22,24H,6,8,12-13H2,1H3,(H,25,26)/t19-,22+/m1/s1. The van der Waals surface area contributed by atoms with Gasteiger partial charge in [-0.25, -0.2) is 4.39 Å². The molecule has 2 heterocycles. The fourth-order valence-corrected chi connectivity index (χ4v) is 3.73. The zero-order chi connectivity index (χ0) is 19.5. The number of ether oxygens (including phenoxy) is 2. The molecule has 0 saturated carbocycles. The Hall–Kier alpha value is -2.86. The number of piperidine rings is 1. The third-order valence-electron chi connectivity index (χ3n) is 5.19. The van der Waals surface area contributed by atoms with Gasteiger partial charge in [0.15, 0.2) is 0 Å². The van der Waals surface area contributed by atoms with E-state index in [0.717, 1.165) is 28.2 Å². The molecule has 2 N–H and O–H groups in total. The predicted octanol–water partition coefficient (Wildman–Crippen LogP) is 3.22. The van der Waals surface area contributed by atoms with Crippen molar-refractivity contribution < 1.29 is 18.7 Å². The van der Waals surface area contributed by atoms with Crippen molar-refractivity contribution in [2.24, 2.45) is 0 Å². The van der Waals surface area contributed by atoms with Crippen molar-refractivity contribution in [3.05, 3.63) is 65.0 Å². The highest BCUT2D eigenvalue weighted by Gasteiger charge is 2.30. The number of amides is 1. The van der Waals surface area contributed by atoms with Crippen molar-refractivity contribution in [1.29, 1.82) is 0 Å². The van der Waals surface area contributed by atoms with Gasteiger partial charge in [-0.1, -0.05) is 12.1 Å². The molecule has 2 aliphatic rings. The van der Waals surface area contributed by atoms with Gasteiger partial charge in [0.25, 0.3) is 0 Å². The number of carbonyl (C=O) groups excluding carboxylic acids is 1. The number of rotatable bonds is 5. The number of nitrogens with one attached hydrogen (secondary N) is 2. The molecule has 5 nitrogen and oxygen atoms in total.